The number of carbonyl (C=O) groups excluding carboxylic acids is 1. The van der Waals surface area contributed by atoms with Gasteiger partial charge in [-0.2, -0.15) is 0 Å². The molecule has 1 fully saturated rings. The highest BCUT2D eigenvalue weighted by atomic mass is 16.5. The Labute approximate surface area is 82.7 Å². The van der Waals surface area contributed by atoms with E-state index in [2.05, 4.69) is 0 Å². The molecule has 1 aliphatic carbocycles. The molecule has 2 rings (SSSR count). The van der Waals surface area contributed by atoms with E-state index in [0.717, 1.165) is 6.42 Å². The Morgan fingerprint density at radius 1 is 1.14 bits per heavy atom. The summed E-state index contributed by atoms with van der Waals surface area (Å²) in [5.41, 5.74) is 0. The highest BCUT2D eigenvalue weighted by Crippen LogP contribution is 2.20. The number of cyclic esters (lactones) is 1. The van der Waals surface area contributed by atoms with E-state index in [1.165, 1.54) is 0 Å². The Bertz CT molecular complexity index is 312. The highest BCUT2D eigenvalue weighted by Gasteiger charge is 2.25. The van der Waals surface area contributed by atoms with Crippen LogP contribution in [0.5, 0.6) is 0 Å². The predicted octanol–water partition coefficient (Wildman–Crippen LogP) is 1.58. The Hall–Kier alpha value is -1.51. The standard InChI is InChI=1S/C11H12O3/c12-11-9-5-2-1-3-6-10(9)13-7-4-8-14-11/h1-3,5-6,9H,4,7-8H2/t9-/m0/s1. The van der Waals surface area contributed by atoms with Gasteiger partial charge in [-0.1, -0.05) is 24.3 Å². The SMILES string of the molecule is O=C1OCCCOC2=CC=CC=C[C@H]12. The van der Waals surface area contributed by atoms with E-state index in [4.69, 9.17) is 9.47 Å². The molecule has 1 heterocycles. The molecular weight excluding hydrogens is 180 g/mol. The maximum atomic E-state index is 11.5. The number of hydrogen-bond acceptors (Lipinski definition) is 3. The van der Waals surface area contributed by atoms with E-state index in [1.54, 1.807) is 6.08 Å². The van der Waals surface area contributed by atoms with Gasteiger partial charge in [0.25, 0.3) is 0 Å². The summed E-state index contributed by atoms with van der Waals surface area (Å²) in [5.74, 6) is 0.0842. The van der Waals surface area contributed by atoms with Crippen LogP contribution in [0.25, 0.3) is 0 Å². The average molecular weight is 192 g/mol. The molecule has 0 bridgehead atoms. The lowest BCUT2D eigenvalue weighted by Crippen LogP contribution is -2.23. The normalized spacial score (nSPS) is 26.1. The Morgan fingerprint density at radius 2 is 2.00 bits per heavy atom. The molecule has 0 amide bonds. The number of esters is 1. The molecule has 0 saturated carbocycles. The molecular formula is C11H12O3. The molecule has 3 nitrogen and oxygen atoms in total. The minimum absolute atomic E-state index is 0.226. The number of fused-ring (bicyclic) bond motifs is 1. The maximum Gasteiger partial charge on any atom is 0.320 e. The molecule has 0 aromatic carbocycles. The van der Waals surface area contributed by atoms with E-state index >= 15 is 0 Å². The van der Waals surface area contributed by atoms with Gasteiger partial charge in [-0.15, -0.1) is 0 Å². The highest BCUT2D eigenvalue weighted by molar-refractivity contribution is 5.78. The van der Waals surface area contributed by atoms with E-state index < -0.39 is 0 Å². The van der Waals surface area contributed by atoms with Crippen molar-refractivity contribution in [3.05, 3.63) is 36.1 Å². The summed E-state index contributed by atoms with van der Waals surface area (Å²) >= 11 is 0. The third-order valence-corrected chi connectivity index (χ3v) is 2.15. The Kier molecular flexibility index (Phi) is 2.68. The molecule has 0 radical (unpaired) electrons. The zero-order chi connectivity index (χ0) is 9.80. The summed E-state index contributed by atoms with van der Waals surface area (Å²) < 4.78 is 10.6. The first kappa shape index (κ1) is 9.06. The van der Waals surface area contributed by atoms with Crippen LogP contribution in [0.4, 0.5) is 0 Å². The zero-order valence-corrected chi connectivity index (χ0v) is 7.81. The Morgan fingerprint density at radius 3 is 2.93 bits per heavy atom. The fraction of sp³-hybridized carbons (Fsp3) is 0.364. The molecule has 1 aliphatic heterocycles. The van der Waals surface area contributed by atoms with E-state index in [9.17, 15) is 4.79 Å². The molecule has 14 heavy (non-hydrogen) atoms. The van der Waals surface area contributed by atoms with E-state index in [0.29, 0.717) is 19.0 Å². The van der Waals surface area contributed by atoms with Crippen LogP contribution < -0.4 is 0 Å². The lowest BCUT2D eigenvalue weighted by Gasteiger charge is -2.19. The van der Waals surface area contributed by atoms with Crippen molar-refractivity contribution in [1.82, 2.24) is 0 Å². The van der Waals surface area contributed by atoms with Gasteiger partial charge in [0, 0.05) is 6.42 Å². The van der Waals surface area contributed by atoms with Gasteiger partial charge in [-0.05, 0) is 6.08 Å². The molecule has 74 valence electrons. The van der Waals surface area contributed by atoms with Crippen LogP contribution in [0, 0.1) is 5.92 Å². The van der Waals surface area contributed by atoms with Gasteiger partial charge < -0.3 is 9.47 Å². The number of ether oxygens (including phenoxy) is 2. The van der Waals surface area contributed by atoms with Crippen LogP contribution in [0.15, 0.2) is 36.1 Å². The van der Waals surface area contributed by atoms with Gasteiger partial charge in [0.2, 0.25) is 0 Å². The molecule has 0 aromatic rings. The van der Waals surface area contributed by atoms with Gasteiger partial charge in [-0.25, -0.2) is 0 Å². The van der Waals surface area contributed by atoms with Crippen molar-refractivity contribution < 1.29 is 14.3 Å². The number of carbonyl (C=O) groups is 1. The van der Waals surface area contributed by atoms with Gasteiger partial charge in [0.15, 0.2) is 0 Å². The summed E-state index contributed by atoms with van der Waals surface area (Å²) in [4.78, 5) is 11.5. The zero-order valence-electron chi connectivity index (χ0n) is 7.81. The summed E-state index contributed by atoms with van der Waals surface area (Å²) in [6.07, 6.45) is 9.93. The molecule has 2 aliphatic rings. The minimum atomic E-state index is -0.370. The number of allylic oxidation sites excluding steroid dienone is 4. The lowest BCUT2D eigenvalue weighted by atomic mass is 10.1. The second kappa shape index (κ2) is 4.13. The van der Waals surface area contributed by atoms with Crippen molar-refractivity contribution in [2.45, 2.75) is 6.42 Å². The lowest BCUT2D eigenvalue weighted by molar-refractivity contribution is -0.148. The van der Waals surface area contributed by atoms with Crippen LogP contribution in [0.3, 0.4) is 0 Å². The predicted molar refractivity (Wildman–Crippen MR) is 51.4 cm³/mol. The molecule has 0 unspecified atom stereocenters. The summed E-state index contributed by atoms with van der Waals surface area (Å²) in [7, 11) is 0. The first-order valence-corrected chi connectivity index (χ1v) is 4.72. The second-order valence-corrected chi connectivity index (χ2v) is 3.19. The topological polar surface area (TPSA) is 35.5 Å². The molecule has 1 atom stereocenters. The van der Waals surface area contributed by atoms with Crippen LogP contribution in [0.1, 0.15) is 6.42 Å². The van der Waals surface area contributed by atoms with Crippen molar-refractivity contribution in [2.24, 2.45) is 5.92 Å². The van der Waals surface area contributed by atoms with E-state index in [1.807, 2.05) is 24.3 Å². The Balaban J connectivity index is 2.24. The third-order valence-electron chi connectivity index (χ3n) is 2.15. The molecule has 0 aromatic heterocycles. The largest absolute Gasteiger partial charge is 0.497 e. The number of rotatable bonds is 0. The third kappa shape index (κ3) is 1.87. The second-order valence-electron chi connectivity index (χ2n) is 3.19. The summed E-state index contributed by atoms with van der Waals surface area (Å²) in [6, 6.07) is 0. The van der Waals surface area contributed by atoms with E-state index in [-0.39, 0.29) is 11.9 Å². The van der Waals surface area contributed by atoms with Gasteiger partial charge in [0.05, 0.1) is 13.2 Å². The monoisotopic (exact) mass is 192 g/mol. The minimum Gasteiger partial charge on any atom is -0.497 e. The summed E-state index contributed by atoms with van der Waals surface area (Å²) in [6.45, 7) is 1.06. The number of hydrogen-bond donors (Lipinski definition) is 0. The maximum absolute atomic E-state index is 11.5. The molecule has 1 saturated heterocycles. The van der Waals surface area contributed by atoms with Crippen LogP contribution in [-0.4, -0.2) is 19.2 Å². The quantitative estimate of drug-likeness (QED) is 0.546. The van der Waals surface area contributed by atoms with Crippen molar-refractivity contribution in [3.63, 3.8) is 0 Å². The van der Waals surface area contributed by atoms with Crippen molar-refractivity contribution in [2.75, 3.05) is 13.2 Å². The van der Waals surface area contributed by atoms with Crippen molar-refractivity contribution >= 4 is 5.97 Å². The average Bonchev–Trinajstić information content (AvgIpc) is 2.39. The van der Waals surface area contributed by atoms with Gasteiger partial charge >= 0.3 is 5.97 Å². The molecule has 0 spiro atoms. The summed E-state index contributed by atoms with van der Waals surface area (Å²) in [5, 5.41) is 0. The van der Waals surface area contributed by atoms with Gasteiger partial charge in [-0.3, -0.25) is 4.79 Å². The first-order chi connectivity index (χ1) is 6.88. The fourth-order valence-corrected chi connectivity index (χ4v) is 1.43. The van der Waals surface area contributed by atoms with Crippen LogP contribution in [0.2, 0.25) is 0 Å². The van der Waals surface area contributed by atoms with Crippen LogP contribution in [-0.2, 0) is 14.3 Å². The van der Waals surface area contributed by atoms with Crippen molar-refractivity contribution in [1.29, 1.82) is 0 Å². The molecule has 3 heteroatoms. The fourth-order valence-electron chi connectivity index (χ4n) is 1.43. The van der Waals surface area contributed by atoms with Gasteiger partial charge in [0.1, 0.15) is 11.7 Å². The first-order valence-electron chi connectivity index (χ1n) is 4.72. The smallest absolute Gasteiger partial charge is 0.320 e. The van der Waals surface area contributed by atoms with Crippen molar-refractivity contribution in [3.8, 4) is 0 Å². The molecule has 0 N–H and O–H groups in total. The van der Waals surface area contributed by atoms with Crippen LogP contribution >= 0.6 is 0 Å².